The van der Waals surface area contributed by atoms with E-state index in [2.05, 4.69) is 4.72 Å². The third kappa shape index (κ3) is 3.21. The van der Waals surface area contributed by atoms with Crippen LogP contribution >= 0.6 is 0 Å². The Balaban J connectivity index is 2.09. The van der Waals surface area contributed by atoms with Crippen molar-refractivity contribution in [3.05, 3.63) is 42.0 Å². The van der Waals surface area contributed by atoms with Crippen molar-refractivity contribution in [3.8, 4) is 0 Å². The van der Waals surface area contributed by atoms with Crippen LogP contribution in [-0.4, -0.2) is 25.5 Å². The Labute approximate surface area is 112 Å². The topological polar surface area (TPSA) is 83.5 Å². The summed E-state index contributed by atoms with van der Waals surface area (Å²) in [6.45, 7) is 1.88. The molecule has 0 saturated heterocycles. The average Bonchev–Trinajstić information content (AvgIpc) is 2.77. The van der Waals surface area contributed by atoms with Gasteiger partial charge in [0.25, 0.3) is 0 Å². The maximum absolute atomic E-state index is 12.1. The summed E-state index contributed by atoms with van der Waals surface area (Å²) in [6.07, 6.45) is 3.36. The van der Waals surface area contributed by atoms with Crippen LogP contribution in [0.2, 0.25) is 0 Å². The fourth-order valence-electron chi connectivity index (χ4n) is 1.95. The fraction of sp³-hybridized carbons (Fsp3) is 0.308. The van der Waals surface area contributed by atoms with Crippen LogP contribution in [0.5, 0.6) is 0 Å². The second kappa shape index (κ2) is 5.14. The first-order chi connectivity index (χ1) is 8.88. The maximum Gasteiger partial charge on any atom is 0.310 e. The van der Waals surface area contributed by atoms with Crippen LogP contribution in [0.4, 0.5) is 0 Å². The lowest BCUT2D eigenvalue weighted by atomic mass is 10.1. The normalized spacial score (nSPS) is 22.6. The van der Waals surface area contributed by atoms with Gasteiger partial charge in [0, 0.05) is 6.04 Å². The van der Waals surface area contributed by atoms with Gasteiger partial charge in [-0.1, -0.05) is 29.8 Å². The summed E-state index contributed by atoms with van der Waals surface area (Å²) < 4.78 is 26.7. The number of sulfonamides is 1. The number of nitrogens with one attached hydrogen (secondary N) is 1. The lowest BCUT2D eigenvalue weighted by Gasteiger charge is -2.12. The van der Waals surface area contributed by atoms with Gasteiger partial charge in [0.2, 0.25) is 10.0 Å². The molecule has 2 atom stereocenters. The van der Waals surface area contributed by atoms with Gasteiger partial charge >= 0.3 is 5.97 Å². The van der Waals surface area contributed by atoms with Gasteiger partial charge in [0.1, 0.15) is 0 Å². The molecule has 6 heteroatoms. The standard InChI is InChI=1S/C13H15NO4S/c1-9-2-6-12(7-3-9)19(17,18)14-11-5-4-10(8-11)13(15)16/h2-7,10-11,14H,8H2,1H3,(H,15,16). The van der Waals surface area contributed by atoms with Gasteiger partial charge in [-0.25, -0.2) is 13.1 Å². The van der Waals surface area contributed by atoms with Crippen LogP contribution in [0.15, 0.2) is 41.3 Å². The molecule has 0 spiro atoms. The number of aryl methyl sites for hydroxylation is 1. The summed E-state index contributed by atoms with van der Waals surface area (Å²) >= 11 is 0. The lowest BCUT2D eigenvalue weighted by molar-refractivity contribution is -0.140. The van der Waals surface area contributed by atoms with Crippen molar-refractivity contribution in [2.75, 3.05) is 0 Å². The predicted molar refractivity (Wildman–Crippen MR) is 70.2 cm³/mol. The summed E-state index contributed by atoms with van der Waals surface area (Å²) in [5.41, 5.74) is 0.977. The Hall–Kier alpha value is -1.66. The molecule has 1 aromatic carbocycles. The number of carboxylic acid groups (broad SMARTS) is 1. The Morgan fingerprint density at radius 3 is 2.42 bits per heavy atom. The highest BCUT2D eigenvalue weighted by atomic mass is 32.2. The molecular weight excluding hydrogens is 266 g/mol. The Kier molecular flexibility index (Phi) is 3.73. The van der Waals surface area contributed by atoms with Crippen LogP contribution in [0.1, 0.15) is 12.0 Å². The largest absolute Gasteiger partial charge is 0.481 e. The summed E-state index contributed by atoms with van der Waals surface area (Å²) in [4.78, 5) is 11.0. The number of rotatable bonds is 4. The zero-order valence-corrected chi connectivity index (χ0v) is 11.2. The van der Waals surface area contributed by atoms with Crippen LogP contribution < -0.4 is 4.72 Å². The van der Waals surface area contributed by atoms with Crippen molar-refractivity contribution < 1.29 is 18.3 Å². The molecule has 1 aromatic rings. The van der Waals surface area contributed by atoms with Crippen LogP contribution in [0, 0.1) is 12.8 Å². The van der Waals surface area contributed by atoms with Crippen LogP contribution in [0.3, 0.4) is 0 Å². The van der Waals surface area contributed by atoms with Crippen molar-refractivity contribution in [1.82, 2.24) is 4.72 Å². The molecule has 0 fully saturated rings. The van der Waals surface area contributed by atoms with E-state index in [-0.39, 0.29) is 11.3 Å². The van der Waals surface area contributed by atoms with Crippen molar-refractivity contribution in [3.63, 3.8) is 0 Å². The molecule has 0 heterocycles. The first-order valence-electron chi connectivity index (χ1n) is 5.88. The van der Waals surface area contributed by atoms with E-state index >= 15 is 0 Å². The first kappa shape index (κ1) is 13.8. The third-order valence-electron chi connectivity index (χ3n) is 3.04. The van der Waals surface area contributed by atoms with Crippen molar-refractivity contribution in [1.29, 1.82) is 0 Å². The molecule has 0 radical (unpaired) electrons. The Morgan fingerprint density at radius 1 is 1.26 bits per heavy atom. The van der Waals surface area contributed by atoms with Gasteiger partial charge in [-0.05, 0) is 25.5 Å². The highest BCUT2D eigenvalue weighted by Crippen LogP contribution is 2.20. The fourth-order valence-corrected chi connectivity index (χ4v) is 3.16. The molecule has 0 aliphatic heterocycles. The van der Waals surface area contributed by atoms with Crippen LogP contribution in [-0.2, 0) is 14.8 Å². The Morgan fingerprint density at radius 2 is 1.89 bits per heavy atom. The monoisotopic (exact) mass is 281 g/mol. The number of hydrogen-bond donors (Lipinski definition) is 2. The van der Waals surface area contributed by atoms with Crippen molar-refractivity contribution in [2.24, 2.45) is 5.92 Å². The van der Waals surface area contributed by atoms with Gasteiger partial charge < -0.3 is 5.11 Å². The zero-order chi connectivity index (χ0) is 14.0. The number of aliphatic carboxylic acids is 1. The zero-order valence-electron chi connectivity index (χ0n) is 10.4. The van der Waals surface area contributed by atoms with E-state index in [1.807, 2.05) is 6.92 Å². The number of hydrogen-bond acceptors (Lipinski definition) is 3. The first-order valence-corrected chi connectivity index (χ1v) is 7.37. The van der Waals surface area contributed by atoms with Gasteiger partial charge in [-0.2, -0.15) is 0 Å². The lowest BCUT2D eigenvalue weighted by Crippen LogP contribution is -2.33. The van der Waals surface area contributed by atoms with Gasteiger partial charge in [0.15, 0.2) is 0 Å². The van der Waals surface area contributed by atoms with E-state index in [4.69, 9.17) is 5.11 Å². The second-order valence-corrected chi connectivity index (χ2v) is 6.32. The third-order valence-corrected chi connectivity index (χ3v) is 4.54. The molecule has 2 N–H and O–H groups in total. The molecule has 0 bridgehead atoms. The summed E-state index contributed by atoms with van der Waals surface area (Å²) in [6, 6.07) is 6.04. The minimum Gasteiger partial charge on any atom is -0.481 e. The van der Waals surface area contributed by atoms with E-state index in [1.165, 1.54) is 18.2 Å². The summed E-state index contributed by atoms with van der Waals surface area (Å²) in [7, 11) is -3.60. The summed E-state index contributed by atoms with van der Waals surface area (Å²) in [5.74, 6) is -1.56. The van der Waals surface area contributed by atoms with Gasteiger partial charge in [0.05, 0.1) is 10.8 Å². The molecular formula is C13H15NO4S. The minimum absolute atomic E-state index is 0.185. The van der Waals surface area contributed by atoms with Crippen molar-refractivity contribution >= 4 is 16.0 Å². The SMILES string of the molecule is Cc1ccc(S(=O)(=O)NC2C=CC(C(=O)O)C2)cc1. The molecule has 0 saturated carbocycles. The molecule has 5 nitrogen and oxygen atoms in total. The van der Waals surface area contributed by atoms with E-state index in [0.29, 0.717) is 0 Å². The number of carbonyl (C=O) groups is 1. The van der Waals surface area contributed by atoms with E-state index in [0.717, 1.165) is 5.56 Å². The van der Waals surface area contributed by atoms with E-state index in [9.17, 15) is 13.2 Å². The molecule has 1 aliphatic rings. The number of benzene rings is 1. The van der Waals surface area contributed by atoms with Crippen molar-refractivity contribution in [2.45, 2.75) is 24.3 Å². The van der Waals surface area contributed by atoms with E-state index in [1.54, 1.807) is 18.2 Å². The minimum atomic E-state index is -3.60. The Bertz CT molecular complexity index is 604. The summed E-state index contributed by atoms with van der Waals surface area (Å²) in [5, 5.41) is 8.85. The molecule has 1 aliphatic carbocycles. The average molecular weight is 281 g/mol. The molecule has 2 unspecified atom stereocenters. The quantitative estimate of drug-likeness (QED) is 0.815. The molecule has 19 heavy (non-hydrogen) atoms. The molecule has 102 valence electrons. The molecule has 0 aromatic heterocycles. The number of carboxylic acids is 1. The molecule has 0 amide bonds. The maximum atomic E-state index is 12.1. The highest BCUT2D eigenvalue weighted by molar-refractivity contribution is 7.89. The van der Waals surface area contributed by atoms with Crippen LogP contribution in [0.25, 0.3) is 0 Å². The smallest absolute Gasteiger partial charge is 0.310 e. The van der Waals surface area contributed by atoms with E-state index < -0.39 is 28.0 Å². The second-order valence-electron chi connectivity index (χ2n) is 4.61. The highest BCUT2D eigenvalue weighted by Gasteiger charge is 2.27. The van der Waals surface area contributed by atoms with Gasteiger partial charge in [-0.3, -0.25) is 4.79 Å². The van der Waals surface area contributed by atoms with Gasteiger partial charge in [-0.15, -0.1) is 0 Å². The molecule has 2 rings (SSSR count). The predicted octanol–water partition coefficient (Wildman–Crippen LogP) is 1.30.